The first-order valence-electron chi connectivity index (χ1n) is 12.3. The molecule has 1 N–H and O–H groups in total. The van der Waals surface area contributed by atoms with Gasteiger partial charge in [0.15, 0.2) is 5.82 Å². The van der Waals surface area contributed by atoms with Crippen molar-refractivity contribution in [2.24, 2.45) is 0 Å². The van der Waals surface area contributed by atoms with Crippen LogP contribution in [0.25, 0.3) is 10.9 Å². The van der Waals surface area contributed by atoms with Gasteiger partial charge in [-0.05, 0) is 72.2 Å². The summed E-state index contributed by atoms with van der Waals surface area (Å²) in [6.07, 6.45) is 3.14. The smallest absolute Gasteiger partial charge is 0.252 e. The summed E-state index contributed by atoms with van der Waals surface area (Å²) in [7, 11) is 0. The monoisotopic (exact) mass is 472 g/mol. The molecule has 0 saturated carbocycles. The Morgan fingerprint density at radius 3 is 2.80 bits per heavy atom. The van der Waals surface area contributed by atoms with E-state index < -0.39 is 0 Å². The van der Waals surface area contributed by atoms with Crippen LogP contribution in [-0.4, -0.2) is 49.3 Å². The summed E-state index contributed by atoms with van der Waals surface area (Å²) in [6.45, 7) is 7.41. The minimum atomic E-state index is -0.0480. The van der Waals surface area contributed by atoms with E-state index >= 15 is 0 Å². The molecule has 1 atom stereocenters. The number of benzene rings is 2. The lowest BCUT2D eigenvalue weighted by Gasteiger charge is -2.22. The molecule has 0 amide bonds. The predicted octanol–water partition coefficient (Wildman–Crippen LogP) is 3.56. The van der Waals surface area contributed by atoms with Crippen molar-refractivity contribution in [3.63, 3.8) is 0 Å². The summed E-state index contributed by atoms with van der Waals surface area (Å²) in [6, 6.07) is 16.7. The zero-order valence-corrected chi connectivity index (χ0v) is 20.4. The molecule has 1 fully saturated rings. The Balaban J connectivity index is 1.40. The topological polar surface area (TPSA) is 88.9 Å². The molecule has 1 aliphatic rings. The second-order valence-corrected chi connectivity index (χ2v) is 9.53. The standard InChI is InChI=1S/C27H32N6O2/c1-19-13-20(2)26-22(14-19)15-23(27(34)28-26)16-32(11-10-21-7-4-3-5-8-21)18-25-29-30-31-33(25)17-24-9-6-12-35-24/h3-5,7-8,13-15,24H,6,9-12,16-18H2,1-2H3,(H,28,34)/t24-/m0/s1. The lowest BCUT2D eigenvalue weighted by atomic mass is 10.0. The zero-order chi connectivity index (χ0) is 24.2. The van der Waals surface area contributed by atoms with Crippen molar-refractivity contribution in [3.05, 3.63) is 87.0 Å². The number of rotatable bonds is 9. The number of fused-ring (bicyclic) bond motifs is 1. The second kappa shape index (κ2) is 10.5. The van der Waals surface area contributed by atoms with Crippen molar-refractivity contribution < 1.29 is 4.74 Å². The fourth-order valence-corrected chi connectivity index (χ4v) is 4.90. The maximum absolute atomic E-state index is 13.0. The summed E-state index contributed by atoms with van der Waals surface area (Å²) in [4.78, 5) is 18.4. The van der Waals surface area contributed by atoms with Gasteiger partial charge in [-0.15, -0.1) is 5.10 Å². The van der Waals surface area contributed by atoms with Gasteiger partial charge in [0, 0.05) is 25.3 Å². The molecular formula is C27H32N6O2. The number of nitrogens with one attached hydrogen (secondary N) is 1. The number of nitrogens with zero attached hydrogens (tertiary/aromatic N) is 5. The number of hydrogen-bond donors (Lipinski definition) is 1. The maximum Gasteiger partial charge on any atom is 0.252 e. The fourth-order valence-electron chi connectivity index (χ4n) is 4.90. The Hall–Kier alpha value is -3.36. The highest BCUT2D eigenvalue weighted by molar-refractivity contribution is 5.82. The van der Waals surface area contributed by atoms with Gasteiger partial charge >= 0.3 is 0 Å². The maximum atomic E-state index is 13.0. The minimum absolute atomic E-state index is 0.0480. The van der Waals surface area contributed by atoms with Crippen LogP contribution in [0.2, 0.25) is 0 Å². The first kappa shape index (κ1) is 23.4. The van der Waals surface area contributed by atoms with Gasteiger partial charge in [-0.3, -0.25) is 9.69 Å². The molecule has 182 valence electrons. The van der Waals surface area contributed by atoms with Crippen LogP contribution in [-0.2, 0) is 30.8 Å². The number of pyridine rings is 1. The molecule has 0 unspecified atom stereocenters. The lowest BCUT2D eigenvalue weighted by molar-refractivity contribution is 0.0916. The molecule has 4 aromatic rings. The molecule has 5 rings (SSSR count). The van der Waals surface area contributed by atoms with Crippen LogP contribution in [0, 0.1) is 13.8 Å². The predicted molar refractivity (Wildman–Crippen MR) is 135 cm³/mol. The lowest BCUT2D eigenvalue weighted by Crippen LogP contribution is -2.30. The van der Waals surface area contributed by atoms with Crippen molar-refractivity contribution >= 4 is 10.9 Å². The molecule has 0 radical (unpaired) electrons. The van der Waals surface area contributed by atoms with Gasteiger partial charge in [0.05, 0.1) is 24.7 Å². The molecule has 8 heteroatoms. The number of ether oxygens (including phenoxy) is 1. The number of H-pyrrole nitrogens is 1. The Morgan fingerprint density at radius 1 is 1.14 bits per heavy atom. The van der Waals surface area contributed by atoms with Gasteiger partial charge in [0.25, 0.3) is 5.56 Å². The number of aromatic nitrogens is 5. The summed E-state index contributed by atoms with van der Waals surface area (Å²) in [5.74, 6) is 0.789. The van der Waals surface area contributed by atoms with E-state index in [0.717, 1.165) is 60.3 Å². The molecule has 0 aliphatic carbocycles. The molecule has 0 spiro atoms. The van der Waals surface area contributed by atoms with E-state index in [1.165, 1.54) is 11.1 Å². The SMILES string of the molecule is Cc1cc(C)c2[nH]c(=O)c(CN(CCc3ccccc3)Cc3nnnn3C[C@@H]3CCCO3)cc2c1. The summed E-state index contributed by atoms with van der Waals surface area (Å²) < 4.78 is 7.64. The van der Waals surface area contributed by atoms with E-state index in [4.69, 9.17) is 4.74 Å². The number of hydrogen-bond acceptors (Lipinski definition) is 6. The van der Waals surface area contributed by atoms with Crippen molar-refractivity contribution in [3.8, 4) is 0 Å². The Kier molecular flexibility index (Phi) is 7.01. The van der Waals surface area contributed by atoms with Crippen molar-refractivity contribution in [1.82, 2.24) is 30.1 Å². The first-order valence-corrected chi connectivity index (χ1v) is 12.3. The van der Waals surface area contributed by atoms with Crippen LogP contribution in [0.5, 0.6) is 0 Å². The molecule has 3 heterocycles. The molecule has 35 heavy (non-hydrogen) atoms. The normalized spacial score (nSPS) is 15.9. The van der Waals surface area contributed by atoms with E-state index in [-0.39, 0.29) is 11.7 Å². The van der Waals surface area contributed by atoms with Gasteiger partial charge in [-0.2, -0.15) is 0 Å². The molecule has 1 aliphatic heterocycles. The number of tetrazole rings is 1. The van der Waals surface area contributed by atoms with Gasteiger partial charge in [0.1, 0.15) is 0 Å². The number of aryl methyl sites for hydroxylation is 2. The molecule has 2 aromatic carbocycles. The third-order valence-corrected chi connectivity index (χ3v) is 6.70. The summed E-state index contributed by atoms with van der Waals surface area (Å²) >= 11 is 0. The molecule has 0 bridgehead atoms. The molecular weight excluding hydrogens is 440 g/mol. The van der Waals surface area contributed by atoms with Gasteiger partial charge in [-0.25, -0.2) is 4.68 Å². The third-order valence-electron chi connectivity index (χ3n) is 6.70. The highest BCUT2D eigenvalue weighted by Crippen LogP contribution is 2.19. The Morgan fingerprint density at radius 2 is 2.00 bits per heavy atom. The van der Waals surface area contributed by atoms with Gasteiger partial charge < -0.3 is 9.72 Å². The van der Waals surface area contributed by atoms with Gasteiger partial charge in [0.2, 0.25) is 0 Å². The van der Waals surface area contributed by atoms with Crippen LogP contribution in [0.3, 0.4) is 0 Å². The third kappa shape index (κ3) is 5.66. The van der Waals surface area contributed by atoms with Crippen molar-refractivity contribution in [2.75, 3.05) is 13.2 Å². The Bertz CT molecular complexity index is 1340. The average molecular weight is 473 g/mol. The van der Waals surface area contributed by atoms with E-state index in [9.17, 15) is 4.79 Å². The van der Waals surface area contributed by atoms with Crippen LogP contribution in [0.15, 0.2) is 53.3 Å². The van der Waals surface area contributed by atoms with E-state index in [1.54, 1.807) is 0 Å². The van der Waals surface area contributed by atoms with Crippen LogP contribution >= 0.6 is 0 Å². The minimum Gasteiger partial charge on any atom is -0.376 e. The van der Waals surface area contributed by atoms with E-state index in [0.29, 0.717) is 19.6 Å². The largest absolute Gasteiger partial charge is 0.376 e. The highest BCUT2D eigenvalue weighted by Gasteiger charge is 2.20. The summed E-state index contributed by atoms with van der Waals surface area (Å²) in [5.41, 5.74) is 5.12. The zero-order valence-electron chi connectivity index (χ0n) is 20.4. The van der Waals surface area contributed by atoms with E-state index in [1.807, 2.05) is 23.7 Å². The second-order valence-electron chi connectivity index (χ2n) is 9.53. The summed E-state index contributed by atoms with van der Waals surface area (Å²) in [5, 5.41) is 13.5. The average Bonchev–Trinajstić information content (AvgIpc) is 3.52. The van der Waals surface area contributed by atoms with Crippen LogP contribution < -0.4 is 5.56 Å². The van der Waals surface area contributed by atoms with Crippen molar-refractivity contribution in [1.29, 1.82) is 0 Å². The van der Waals surface area contributed by atoms with Crippen molar-refractivity contribution in [2.45, 2.75) is 58.8 Å². The van der Waals surface area contributed by atoms with Crippen LogP contribution in [0.4, 0.5) is 0 Å². The van der Waals surface area contributed by atoms with Gasteiger partial charge in [-0.1, -0.05) is 42.0 Å². The first-order chi connectivity index (χ1) is 17.0. The molecule has 1 saturated heterocycles. The Labute approximate surface area is 204 Å². The number of aromatic amines is 1. The molecule has 2 aromatic heterocycles. The van der Waals surface area contributed by atoms with E-state index in [2.05, 4.69) is 68.7 Å². The van der Waals surface area contributed by atoms with Crippen LogP contribution in [0.1, 0.15) is 40.9 Å². The highest BCUT2D eigenvalue weighted by atomic mass is 16.5. The molecule has 8 nitrogen and oxygen atoms in total. The quantitative estimate of drug-likeness (QED) is 0.401. The fraction of sp³-hybridized carbons (Fsp3) is 0.407.